The van der Waals surface area contributed by atoms with Crippen LogP contribution in [0.2, 0.25) is 0 Å². The Hall–Kier alpha value is 0.540. The van der Waals surface area contributed by atoms with Crippen molar-refractivity contribution in [3.63, 3.8) is 0 Å². The van der Waals surface area contributed by atoms with Gasteiger partial charge < -0.3 is 5.11 Å². The Balaban J connectivity index is 3.05. The second-order valence-corrected chi connectivity index (χ2v) is 5.33. The standard InChI is InChI=1S/C12H24Cl2O/c1-2-3-4-5-6-7-8-9-10-11(15)12(13)14/h11-12,15H,2-10H2,1H3. The summed E-state index contributed by atoms with van der Waals surface area (Å²) in [4.78, 5) is -0.630. The molecule has 92 valence electrons. The van der Waals surface area contributed by atoms with Gasteiger partial charge in [0.1, 0.15) is 4.84 Å². The summed E-state index contributed by atoms with van der Waals surface area (Å²) >= 11 is 11.1. The number of hydrogen-bond acceptors (Lipinski definition) is 1. The van der Waals surface area contributed by atoms with Gasteiger partial charge in [0.25, 0.3) is 0 Å². The van der Waals surface area contributed by atoms with Crippen molar-refractivity contribution in [2.75, 3.05) is 0 Å². The minimum atomic E-state index is -0.630. The summed E-state index contributed by atoms with van der Waals surface area (Å²) in [5.41, 5.74) is 0. The summed E-state index contributed by atoms with van der Waals surface area (Å²) in [6.07, 6.45) is 10.4. The molecule has 0 saturated heterocycles. The highest BCUT2D eigenvalue weighted by atomic mass is 35.5. The lowest BCUT2D eigenvalue weighted by Gasteiger charge is -2.10. The van der Waals surface area contributed by atoms with Crippen molar-refractivity contribution < 1.29 is 5.11 Å². The van der Waals surface area contributed by atoms with Crippen molar-refractivity contribution in [1.82, 2.24) is 0 Å². The molecular formula is C12H24Cl2O. The second-order valence-electron chi connectivity index (χ2n) is 4.17. The van der Waals surface area contributed by atoms with Gasteiger partial charge >= 0.3 is 0 Å². The summed E-state index contributed by atoms with van der Waals surface area (Å²) in [6.45, 7) is 2.23. The van der Waals surface area contributed by atoms with Crippen LogP contribution in [-0.4, -0.2) is 16.0 Å². The molecular weight excluding hydrogens is 231 g/mol. The predicted molar refractivity (Wildman–Crippen MR) is 68.7 cm³/mol. The monoisotopic (exact) mass is 254 g/mol. The lowest BCUT2D eigenvalue weighted by atomic mass is 10.1. The first-order valence-corrected chi connectivity index (χ1v) is 7.02. The fraction of sp³-hybridized carbons (Fsp3) is 1.00. The molecule has 0 amide bonds. The Morgan fingerprint density at radius 3 is 1.80 bits per heavy atom. The third-order valence-electron chi connectivity index (χ3n) is 2.64. The molecule has 1 nitrogen and oxygen atoms in total. The number of unbranched alkanes of at least 4 members (excludes halogenated alkanes) is 7. The molecule has 1 unspecified atom stereocenters. The van der Waals surface area contributed by atoms with Crippen molar-refractivity contribution in [3.8, 4) is 0 Å². The molecule has 0 bridgehead atoms. The third kappa shape index (κ3) is 10.8. The van der Waals surface area contributed by atoms with Crippen LogP contribution >= 0.6 is 23.2 Å². The van der Waals surface area contributed by atoms with Gasteiger partial charge in [0.2, 0.25) is 0 Å². The molecule has 0 spiro atoms. The lowest BCUT2D eigenvalue weighted by molar-refractivity contribution is 0.174. The van der Waals surface area contributed by atoms with Gasteiger partial charge in [-0.25, -0.2) is 0 Å². The van der Waals surface area contributed by atoms with Crippen LogP contribution in [0.1, 0.15) is 64.7 Å². The van der Waals surface area contributed by atoms with E-state index in [0.717, 1.165) is 12.8 Å². The Morgan fingerprint density at radius 1 is 0.867 bits per heavy atom. The number of aliphatic hydroxyl groups excluding tert-OH is 1. The van der Waals surface area contributed by atoms with Gasteiger partial charge in [-0.1, -0.05) is 58.3 Å². The van der Waals surface area contributed by atoms with Gasteiger partial charge in [-0.3, -0.25) is 0 Å². The van der Waals surface area contributed by atoms with Crippen LogP contribution in [0, 0.1) is 0 Å². The van der Waals surface area contributed by atoms with E-state index in [1.54, 1.807) is 0 Å². The van der Waals surface area contributed by atoms with E-state index >= 15 is 0 Å². The maximum Gasteiger partial charge on any atom is 0.133 e. The van der Waals surface area contributed by atoms with Gasteiger partial charge in [0, 0.05) is 0 Å². The quantitative estimate of drug-likeness (QED) is 0.444. The Bertz CT molecular complexity index is 129. The van der Waals surface area contributed by atoms with E-state index in [9.17, 15) is 5.11 Å². The van der Waals surface area contributed by atoms with Crippen molar-refractivity contribution >= 4 is 23.2 Å². The normalized spacial score (nSPS) is 13.4. The number of alkyl halides is 2. The van der Waals surface area contributed by atoms with E-state index in [1.807, 2.05) is 0 Å². The molecule has 15 heavy (non-hydrogen) atoms. The van der Waals surface area contributed by atoms with E-state index in [-0.39, 0.29) is 0 Å². The zero-order valence-corrected chi connectivity index (χ0v) is 11.2. The Kier molecular flexibility index (Phi) is 11.4. The molecule has 0 heterocycles. The lowest BCUT2D eigenvalue weighted by Crippen LogP contribution is -2.14. The van der Waals surface area contributed by atoms with Crippen LogP contribution in [0.5, 0.6) is 0 Å². The average Bonchev–Trinajstić information content (AvgIpc) is 2.21. The predicted octanol–water partition coefficient (Wildman–Crippen LogP) is 4.68. The molecule has 1 atom stereocenters. The molecule has 1 N–H and O–H groups in total. The molecule has 0 radical (unpaired) electrons. The minimum Gasteiger partial charge on any atom is -0.390 e. The van der Waals surface area contributed by atoms with Crippen LogP contribution in [-0.2, 0) is 0 Å². The van der Waals surface area contributed by atoms with E-state index in [4.69, 9.17) is 23.2 Å². The highest BCUT2D eigenvalue weighted by Gasteiger charge is 2.11. The number of aliphatic hydroxyl groups is 1. The molecule has 0 aliphatic rings. The molecule has 0 aromatic carbocycles. The average molecular weight is 255 g/mol. The molecule has 0 fully saturated rings. The highest BCUT2D eigenvalue weighted by Crippen LogP contribution is 2.15. The minimum absolute atomic E-state index is 0.548. The summed E-state index contributed by atoms with van der Waals surface area (Å²) in [7, 11) is 0. The van der Waals surface area contributed by atoms with Crippen LogP contribution in [0.3, 0.4) is 0 Å². The topological polar surface area (TPSA) is 20.2 Å². The smallest absolute Gasteiger partial charge is 0.133 e. The number of rotatable bonds is 10. The van der Waals surface area contributed by atoms with Crippen molar-refractivity contribution in [1.29, 1.82) is 0 Å². The first kappa shape index (κ1) is 15.5. The van der Waals surface area contributed by atoms with Crippen LogP contribution < -0.4 is 0 Å². The van der Waals surface area contributed by atoms with Gasteiger partial charge in [-0.15, -0.1) is 23.2 Å². The third-order valence-corrected chi connectivity index (χ3v) is 3.23. The van der Waals surface area contributed by atoms with Crippen molar-refractivity contribution in [2.24, 2.45) is 0 Å². The van der Waals surface area contributed by atoms with E-state index in [2.05, 4.69) is 6.92 Å². The van der Waals surface area contributed by atoms with Crippen LogP contribution in [0.4, 0.5) is 0 Å². The molecule has 0 aliphatic carbocycles. The zero-order chi connectivity index (χ0) is 11.5. The molecule has 0 aliphatic heterocycles. The highest BCUT2D eigenvalue weighted by molar-refractivity contribution is 6.44. The van der Waals surface area contributed by atoms with Crippen LogP contribution in [0.25, 0.3) is 0 Å². The molecule has 0 aromatic rings. The Morgan fingerprint density at radius 2 is 1.33 bits per heavy atom. The van der Waals surface area contributed by atoms with Crippen molar-refractivity contribution in [3.05, 3.63) is 0 Å². The molecule has 0 aromatic heterocycles. The van der Waals surface area contributed by atoms with Gasteiger partial charge in [-0.2, -0.15) is 0 Å². The first-order valence-electron chi connectivity index (χ1n) is 6.14. The summed E-state index contributed by atoms with van der Waals surface area (Å²) in [5, 5.41) is 9.34. The number of halogens is 2. The fourth-order valence-electron chi connectivity index (χ4n) is 1.61. The molecule has 3 heteroatoms. The summed E-state index contributed by atoms with van der Waals surface area (Å²) in [5.74, 6) is 0. The van der Waals surface area contributed by atoms with Gasteiger partial charge in [-0.05, 0) is 6.42 Å². The first-order chi connectivity index (χ1) is 7.18. The largest absolute Gasteiger partial charge is 0.390 e. The van der Waals surface area contributed by atoms with Gasteiger partial charge in [0.15, 0.2) is 0 Å². The second kappa shape index (κ2) is 11.0. The maximum absolute atomic E-state index is 9.34. The fourth-order valence-corrected chi connectivity index (χ4v) is 1.87. The van der Waals surface area contributed by atoms with E-state index in [1.165, 1.54) is 44.9 Å². The van der Waals surface area contributed by atoms with E-state index < -0.39 is 10.9 Å². The SMILES string of the molecule is CCCCCCCCCCC(O)C(Cl)Cl. The summed E-state index contributed by atoms with van der Waals surface area (Å²) in [6, 6.07) is 0. The maximum atomic E-state index is 9.34. The van der Waals surface area contributed by atoms with Crippen LogP contribution in [0.15, 0.2) is 0 Å². The molecule has 0 saturated carbocycles. The summed E-state index contributed by atoms with van der Waals surface area (Å²) < 4.78 is 0. The molecule has 0 rings (SSSR count). The Labute approximate surface area is 104 Å². The van der Waals surface area contributed by atoms with Crippen molar-refractivity contribution in [2.45, 2.75) is 75.7 Å². The zero-order valence-electron chi connectivity index (χ0n) is 9.72. The number of hydrogen-bond donors (Lipinski definition) is 1. The van der Waals surface area contributed by atoms with E-state index in [0.29, 0.717) is 0 Å². The van der Waals surface area contributed by atoms with Gasteiger partial charge in [0.05, 0.1) is 6.10 Å².